The number of amides is 1. The van der Waals surface area contributed by atoms with E-state index in [2.05, 4.69) is 0 Å². The van der Waals surface area contributed by atoms with Gasteiger partial charge in [0.05, 0.1) is 5.92 Å². The van der Waals surface area contributed by atoms with Gasteiger partial charge in [-0.2, -0.15) is 0 Å². The lowest BCUT2D eigenvalue weighted by Crippen LogP contribution is -2.32. The van der Waals surface area contributed by atoms with Crippen molar-refractivity contribution in [3.8, 4) is 0 Å². The summed E-state index contributed by atoms with van der Waals surface area (Å²) in [6.07, 6.45) is -0.930. The van der Waals surface area contributed by atoms with Gasteiger partial charge >= 0.3 is 5.97 Å². The highest BCUT2D eigenvalue weighted by Gasteiger charge is 2.38. The maximum Gasteiger partial charge on any atom is 0.312 e. The highest BCUT2D eigenvalue weighted by atomic mass is 35.5. The quantitative estimate of drug-likeness (QED) is 0.374. The van der Waals surface area contributed by atoms with E-state index in [4.69, 9.17) is 16.3 Å². The van der Waals surface area contributed by atoms with E-state index < -0.39 is 29.6 Å². The molecule has 1 aliphatic rings. The number of para-hydroxylation sites is 1. The summed E-state index contributed by atoms with van der Waals surface area (Å²) in [4.78, 5) is 39.7. The maximum atomic E-state index is 13.1. The molecule has 1 fully saturated rings. The van der Waals surface area contributed by atoms with Gasteiger partial charge in [-0.05, 0) is 49.2 Å². The van der Waals surface area contributed by atoms with E-state index in [9.17, 15) is 18.8 Å². The molecule has 0 aromatic heterocycles. The Kier molecular flexibility index (Phi) is 6.87. The average molecular weight is 432 g/mol. The van der Waals surface area contributed by atoms with Crippen LogP contribution in [0.2, 0.25) is 0 Å². The summed E-state index contributed by atoms with van der Waals surface area (Å²) in [5.74, 6) is -2.23. The number of halogens is 2. The lowest BCUT2D eigenvalue weighted by molar-refractivity contribution is -0.151. The summed E-state index contributed by atoms with van der Waals surface area (Å²) in [5, 5.41) is 0. The van der Waals surface area contributed by atoms with Crippen molar-refractivity contribution in [2.75, 3.05) is 17.3 Å². The number of rotatable bonds is 7. The van der Waals surface area contributed by atoms with Crippen LogP contribution in [0.1, 0.15) is 34.3 Å². The van der Waals surface area contributed by atoms with Gasteiger partial charge in [-0.15, -0.1) is 11.6 Å². The van der Waals surface area contributed by atoms with Crippen LogP contribution in [-0.2, 0) is 14.3 Å². The first-order valence-electron chi connectivity index (χ1n) is 9.74. The molecule has 30 heavy (non-hydrogen) atoms. The lowest BCUT2D eigenvalue weighted by Gasteiger charge is -2.22. The number of hydrogen-bond acceptors (Lipinski definition) is 4. The number of carbonyl (C=O) groups is 3. The Labute approximate surface area is 179 Å². The molecule has 0 aliphatic carbocycles. The summed E-state index contributed by atoms with van der Waals surface area (Å²) < 4.78 is 18.6. The smallest absolute Gasteiger partial charge is 0.312 e. The van der Waals surface area contributed by atoms with Crippen molar-refractivity contribution in [1.82, 2.24) is 0 Å². The van der Waals surface area contributed by atoms with Crippen LogP contribution in [-0.4, -0.2) is 36.2 Å². The summed E-state index contributed by atoms with van der Waals surface area (Å²) >= 11 is 5.79. The zero-order valence-electron chi connectivity index (χ0n) is 16.9. The molecule has 3 rings (SSSR count). The number of anilines is 1. The van der Waals surface area contributed by atoms with Gasteiger partial charge in [-0.3, -0.25) is 14.4 Å². The van der Waals surface area contributed by atoms with Crippen molar-refractivity contribution >= 4 is 34.9 Å². The number of ketones is 1. The molecule has 2 aromatic carbocycles. The molecule has 1 saturated heterocycles. The Morgan fingerprint density at radius 3 is 2.40 bits per heavy atom. The largest absolute Gasteiger partial charge is 0.454 e. The highest BCUT2D eigenvalue weighted by Crippen LogP contribution is 2.31. The van der Waals surface area contributed by atoms with E-state index in [1.807, 2.05) is 32.0 Å². The van der Waals surface area contributed by atoms with Crippen LogP contribution < -0.4 is 4.90 Å². The van der Waals surface area contributed by atoms with Gasteiger partial charge in [0.1, 0.15) is 5.82 Å². The topological polar surface area (TPSA) is 63.7 Å². The van der Waals surface area contributed by atoms with Crippen LogP contribution in [0.3, 0.4) is 0 Å². The molecule has 0 spiro atoms. The van der Waals surface area contributed by atoms with E-state index in [0.29, 0.717) is 0 Å². The molecule has 0 N–H and O–H groups in total. The molecule has 1 heterocycles. The molecular weight excluding hydrogens is 409 g/mol. The number of aryl methyl sites for hydroxylation is 2. The third kappa shape index (κ3) is 4.70. The summed E-state index contributed by atoms with van der Waals surface area (Å²) in [5.41, 5.74) is 2.93. The molecule has 0 bridgehead atoms. The first kappa shape index (κ1) is 22.0. The number of benzene rings is 2. The Morgan fingerprint density at radius 1 is 1.17 bits per heavy atom. The summed E-state index contributed by atoms with van der Waals surface area (Å²) in [6.45, 7) is 4.03. The van der Waals surface area contributed by atoms with Gasteiger partial charge in [-0.25, -0.2) is 4.39 Å². The van der Waals surface area contributed by atoms with Gasteiger partial charge in [0.2, 0.25) is 11.7 Å². The van der Waals surface area contributed by atoms with Crippen molar-refractivity contribution in [2.24, 2.45) is 5.92 Å². The van der Waals surface area contributed by atoms with Crippen molar-refractivity contribution in [2.45, 2.75) is 32.8 Å². The standard InChI is InChI=1S/C23H23ClFNO4/c1-14-4-3-5-15(2)21(14)26-13-17(12-20(26)27)23(29)30-19(10-11-24)22(28)16-6-8-18(25)9-7-16/h3-9,17,19H,10-13H2,1-2H3/t17-,19-/m0/s1. The van der Waals surface area contributed by atoms with E-state index in [1.165, 1.54) is 24.3 Å². The van der Waals surface area contributed by atoms with Gasteiger partial charge in [0, 0.05) is 36.5 Å². The summed E-state index contributed by atoms with van der Waals surface area (Å²) in [6, 6.07) is 10.8. The van der Waals surface area contributed by atoms with Crippen LogP contribution >= 0.6 is 11.6 Å². The highest BCUT2D eigenvalue weighted by molar-refractivity contribution is 6.18. The number of Topliss-reactive ketones (excluding diaryl/α,β-unsaturated/α-hetero) is 1. The molecule has 5 nitrogen and oxygen atoms in total. The number of ether oxygens (including phenoxy) is 1. The number of carbonyl (C=O) groups excluding carboxylic acids is 3. The zero-order chi connectivity index (χ0) is 21.8. The average Bonchev–Trinajstić information content (AvgIpc) is 3.09. The van der Waals surface area contributed by atoms with Crippen molar-refractivity contribution in [1.29, 1.82) is 0 Å². The van der Waals surface area contributed by atoms with Crippen LogP contribution in [0.5, 0.6) is 0 Å². The predicted molar refractivity (Wildman–Crippen MR) is 112 cm³/mol. The number of alkyl halides is 1. The Hall–Kier alpha value is -2.73. The fourth-order valence-electron chi connectivity index (χ4n) is 3.69. The van der Waals surface area contributed by atoms with Gasteiger partial charge < -0.3 is 9.64 Å². The zero-order valence-corrected chi connectivity index (χ0v) is 17.6. The minimum Gasteiger partial charge on any atom is -0.454 e. The van der Waals surface area contributed by atoms with E-state index in [0.717, 1.165) is 16.8 Å². The van der Waals surface area contributed by atoms with Crippen molar-refractivity contribution in [3.05, 3.63) is 65.0 Å². The van der Waals surface area contributed by atoms with E-state index >= 15 is 0 Å². The van der Waals surface area contributed by atoms with Gasteiger partial charge in [-0.1, -0.05) is 18.2 Å². The molecule has 1 amide bonds. The normalized spacial score (nSPS) is 17.1. The number of nitrogens with zero attached hydrogens (tertiary/aromatic N) is 1. The number of hydrogen-bond donors (Lipinski definition) is 0. The maximum absolute atomic E-state index is 13.1. The molecule has 2 atom stereocenters. The summed E-state index contributed by atoms with van der Waals surface area (Å²) in [7, 11) is 0. The fourth-order valence-corrected chi connectivity index (χ4v) is 3.89. The molecule has 7 heteroatoms. The fraction of sp³-hybridized carbons (Fsp3) is 0.348. The third-order valence-corrected chi connectivity index (χ3v) is 5.44. The molecule has 0 radical (unpaired) electrons. The van der Waals surface area contributed by atoms with Crippen LogP contribution in [0, 0.1) is 25.6 Å². The third-order valence-electron chi connectivity index (χ3n) is 5.22. The number of esters is 1. The van der Waals surface area contributed by atoms with E-state index in [-0.39, 0.29) is 36.7 Å². The first-order chi connectivity index (χ1) is 14.3. The Bertz CT molecular complexity index is 940. The second-order valence-corrected chi connectivity index (χ2v) is 7.80. The van der Waals surface area contributed by atoms with Crippen LogP contribution in [0.4, 0.5) is 10.1 Å². The first-order valence-corrected chi connectivity index (χ1v) is 10.3. The van der Waals surface area contributed by atoms with Crippen LogP contribution in [0.15, 0.2) is 42.5 Å². The second kappa shape index (κ2) is 9.39. The molecule has 158 valence electrons. The minimum atomic E-state index is -1.08. The van der Waals surface area contributed by atoms with E-state index in [1.54, 1.807) is 4.90 Å². The lowest BCUT2D eigenvalue weighted by atomic mass is 10.0. The van der Waals surface area contributed by atoms with Crippen LogP contribution in [0.25, 0.3) is 0 Å². The monoisotopic (exact) mass is 431 g/mol. The molecule has 1 aliphatic heterocycles. The SMILES string of the molecule is Cc1cccc(C)c1N1C[C@@H](C(=O)O[C@@H](CCCl)C(=O)c2ccc(F)cc2)CC1=O. The molecular formula is C23H23ClFNO4. The van der Waals surface area contributed by atoms with Gasteiger partial charge in [0.15, 0.2) is 6.10 Å². The predicted octanol–water partition coefficient (Wildman–Crippen LogP) is 4.22. The molecule has 2 aromatic rings. The Balaban J connectivity index is 1.73. The molecule has 0 saturated carbocycles. The van der Waals surface area contributed by atoms with Crippen molar-refractivity contribution < 1.29 is 23.5 Å². The van der Waals surface area contributed by atoms with Gasteiger partial charge in [0.25, 0.3) is 0 Å². The second-order valence-electron chi connectivity index (χ2n) is 7.42. The Morgan fingerprint density at radius 2 is 1.80 bits per heavy atom. The molecule has 0 unspecified atom stereocenters. The van der Waals surface area contributed by atoms with Crippen molar-refractivity contribution in [3.63, 3.8) is 0 Å². The minimum absolute atomic E-state index is 0.0188.